The molecule has 0 radical (unpaired) electrons. The van der Waals surface area contributed by atoms with Crippen LogP contribution in [-0.2, 0) is 15.1 Å². The number of aliphatic hydroxyl groups is 2. The molecule has 0 heterocycles. The number of terminal acetylenes is 1. The summed E-state index contributed by atoms with van der Waals surface area (Å²) in [6.45, 7) is 0. The van der Waals surface area contributed by atoms with Crippen LogP contribution in [0.4, 0.5) is 0 Å². The molecular formula is C12H12O4. The Balaban J connectivity index is 3.27. The molecule has 0 amide bonds. The highest BCUT2D eigenvalue weighted by Crippen LogP contribution is 2.26. The Morgan fingerprint density at radius 3 is 2.50 bits per heavy atom. The molecule has 0 aromatic heterocycles. The summed E-state index contributed by atoms with van der Waals surface area (Å²) in [5, 5.41) is 19.7. The molecule has 2 N–H and O–H groups in total. The van der Waals surface area contributed by atoms with Crippen molar-refractivity contribution in [2.75, 3.05) is 7.11 Å². The smallest absolute Gasteiger partial charge is 0.346 e. The minimum atomic E-state index is -2.23. The first-order valence-corrected chi connectivity index (χ1v) is 4.58. The molecule has 0 aliphatic carbocycles. The van der Waals surface area contributed by atoms with Crippen molar-refractivity contribution in [1.29, 1.82) is 0 Å². The second kappa shape index (κ2) is 4.79. The highest BCUT2D eigenvalue weighted by Gasteiger charge is 2.45. The lowest BCUT2D eigenvalue weighted by Gasteiger charge is -2.27. The van der Waals surface area contributed by atoms with Crippen molar-refractivity contribution in [1.82, 2.24) is 0 Å². The molecule has 1 rings (SSSR count). The van der Waals surface area contributed by atoms with E-state index in [0.29, 0.717) is 0 Å². The van der Waals surface area contributed by atoms with Gasteiger partial charge in [-0.1, -0.05) is 36.3 Å². The normalized spacial score (nSPS) is 15.6. The molecule has 4 nitrogen and oxygen atoms in total. The molecule has 1 aromatic carbocycles. The number of benzene rings is 1. The predicted octanol–water partition coefficient (Wildman–Crippen LogP) is 0.0413. The van der Waals surface area contributed by atoms with Crippen LogP contribution in [0.2, 0.25) is 0 Å². The van der Waals surface area contributed by atoms with Crippen LogP contribution < -0.4 is 0 Å². The van der Waals surface area contributed by atoms with Gasteiger partial charge in [0.2, 0.25) is 5.60 Å². The quantitative estimate of drug-likeness (QED) is 0.557. The van der Waals surface area contributed by atoms with Gasteiger partial charge in [0.05, 0.1) is 7.11 Å². The lowest BCUT2D eigenvalue weighted by molar-refractivity contribution is -0.173. The number of carbonyl (C=O) groups excluding carboxylic acids is 1. The summed E-state index contributed by atoms with van der Waals surface area (Å²) in [5.74, 6) is 0.928. The Bertz CT molecular complexity index is 407. The summed E-state index contributed by atoms with van der Waals surface area (Å²) in [6.07, 6.45) is 3.36. The molecule has 1 aromatic rings. The maximum absolute atomic E-state index is 11.5. The van der Waals surface area contributed by atoms with Crippen LogP contribution in [0, 0.1) is 12.3 Å². The summed E-state index contributed by atoms with van der Waals surface area (Å²) < 4.78 is 4.45. The highest BCUT2D eigenvalue weighted by atomic mass is 16.5. The number of esters is 1. The molecule has 0 aliphatic heterocycles. The Morgan fingerprint density at radius 1 is 1.50 bits per heavy atom. The fourth-order valence-corrected chi connectivity index (χ4v) is 1.36. The second-order valence-corrected chi connectivity index (χ2v) is 3.19. The Hall–Kier alpha value is -1.83. The third-order valence-corrected chi connectivity index (χ3v) is 2.26. The summed E-state index contributed by atoms with van der Waals surface area (Å²) in [4.78, 5) is 11.5. The van der Waals surface area contributed by atoms with Crippen molar-refractivity contribution in [3.63, 3.8) is 0 Å². The fraction of sp³-hybridized carbons (Fsp3) is 0.250. The number of aliphatic hydroxyl groups excluding tert-OH is 1. The molecule has 0 bridgehead atoms. The van der Waals surface area contributed by atoms with Crippen molar-refractivity contribution in [3.05, 3.63) is 35.9 Å². The summed E-state index contributed by atoms with van der Waals surface area (Å²) in [6, 6.07) is 7.91. The van der Waals surface area contributed by atoms with Crippen molar-refractivity contribution >= 4 is 5.97 Å². The topological polar surface area (TPSA) is 66.8 Å². The van der Waals surface area contributed by atoms with Gasteiger partial charge in [-0.3, -0.25) is 0 Å². The van der Waals surface area contributed by atoms with E-state index in [1.807, 2.05) is 5.92 Å². The number of hydrogen-bond acceptors (Lipinski definition) is 4. The van der Waals surface area contributed by atoms with Crippen LogP contribution in [0.15, 0.2) is 30.3 Å². The predicted molar refractivity (Wildman–Crippen MR) is 57.2 cm³/mol. The van der Waals surface area contributed by atoms with Crippen molar-refractivity contribution in [2.24, 2.45) is 0 Å². The molecule has 0 saturated heterocycles. The summed E-state index contributed by atoms with van der Waals surface area (Å²) in [7, 11) is 1.11. The van der Waals surface area contributed by atoms with E-state index in [0.717, 1.165) is 7.11 Å². The molecule has 0 saturated carbocycles. The van der Waals surface area contributed by atoms with Gasteiger partial charge in [-0.2, -0.15) is 0 Å². The largest absolute Gasteiger partial charge is 0.467 e. The fourth-order valence-electron chi connectivity index (χ4n) is 1.36. The van der Waals surface area contributed by atoms with Crippen LogP contribution in [0.25, 0.3) is 0 Å². The SMILES string of the molecule is C#C[C@@H](O)[C@](O)(C(=O)OC)c1ccccc1. The maximum Gasteiger partial charge on any atom is 0.346 e. The molecule has 2 atom stereocenters. The first-order chi connectivity index (χ1) is 7.57. The highest BCUT2D eigenvalue weighted by molar-refractivity contribution is 5.82. The van der Waals surface area contributed by atoms with Gasteiger partial charge in [0.15, 0.2) is 6.10 Å². The Morgan fingerprint density at radius 2 is 2.06 bits per heavy atom. The van der Waals surface area contributed by atoms with E-state index >= 15 is 0 Å². The first kappa shape index (κ1) is 12.2. The van der Waals surface area contributed by atoms with Crippen LogP contribution in [0.1, 0.15) is 5.56 Å². The van der Waals surface area contributed by atoms with Gasteiger partial charge >= 0.3 is 5.97 Å². The van der Waals surface area contributed by atoms with Gasteiger partial charge in [-0.05, 0) is 5.56 Å². The maximum atomic E-state index is 11.5. The monoisotopic (exact) mass is 220 g/mol. The van der Waals surface area contributed by atoms with Gasteiger partial charge in [0, 0.05) is 0 Å². The Labute approximate surface area is 93.5 Å². The van der Waals surface area contributed by atoms with Crippen molar-refractivity contribution < 1.29 is 19.7 Å². The summed E-state index contributed by atoms with van der Waals surface area (Å²) in [5.41, 5.74) is -2.04. The third kappa shape index (κ3) is 1.91. The number of methoxy groups -OCH3 is 1. The number of rotatable bonds is 3. The van der Waals surface area contributed by atoms with Gasteiger partial charge in [0.25, 0.3) is 0 Å². The van der Waals surface area contributed by atoms with Gasteiger partial charge in [0.1, 0.15) is 0 Å². The van der Waals surface area contributed by atoms with Crippen molar-refractivity contribution in [3.8, 4) is 12.3 Å². The standard InChI is InChI=1S/C12H12O4/c1-3-10(13)12(15,11(14)16-2)9-7-5-4-6-8-9/h1,4-8,10,13,15H,2H3/t10-,12+/m1/s1. The lowest BCUT2D eigenvalue weighted by atomic mass is 9.88. The zero-order valence-electron chi connectivity index (χ0n) is 8.75. The molecule has 84 valence electrons. The number of carbonyl (C=O) groups is 1. The van der Waals surface area contributed by atoms with Crippen LogP contribution in [-0.4, -0.2) is 29.4 Å². The molecule has 0 fully saturated rings. The minimum Gasteiger partial charge on any atom is -0.467 e. The average Bonchev–Trinajstić information content (AvgIpc) is 2.36. The first-order valence-electron chi connectivity index (χ1n) is 4.58. The van der Waals surface area contributed by atoms with E-state index in [4.69, 9.17) is 6.42 Å². The third-order valence-electron chi connectivity index (χ3n) is 2.26. The van der Waals surface area contributed by atoms with Crippen LogP contribution >= 0.6 is 0 Å². The molecule has 16 heavy (non-hydrogen) atoms. The van der Waals surface area contributed by atoms with E-state index in [1.54, 1.807) is 18.2 Å². The molecule has 0 spiro atoms. The molecular weight excluding hydrogens is 208 g/mol. The minimum absolute atomic E-state index is 0.187. The van der Waals surface area contributed by atoms with Gasteiger partial charge in [-0.15, -0.1) is 6.42 Å². The van der Waals surface area contributed by atoms with Gasteiger partial charge in [-0.25, -0.2) is 4.79 Å². The molecule has 4 heteroatoms. The van der Waals surface area contributed by atoms with Crippen LogP contribution in [0.5, 0.6) is 0 Å². The van der Waals surface area contributed by atoms with Gasteiger partial charge < -0.3 is 14.9 Å². The zero-order chi connectivity index (χ0) is 12.2. The second-order valence-electron chi connectivity index (χ2n) is 3.19. The van der Waals surface area contributed by atoms with E-state index in [-0.39, 0.29) is 5.56 Å². The molecule has 0 unspecified atom stereocenters. The van der Waals surface area contributed by atoms with Crippen LogP contribution in [0.3, 0.4) is 0 Å². The molecule has 0 aliphatic rings. The van der Waals surface area contributed by atoms with E-state index in [1.165, 1.54) is 12.1 Å². The van der Waals surface area contributed by atoms with E-state index in [9.17, 15) is 15.0 Å². The average molecular weight is 220 g/mol. The lowest BCUT2D eigenvalue weighted by Crippen LogP contribution is -2.46. The Kier molecular flexibility index (Phi) is 3.67. The number of ether oxygens (including phenoxy) is 1. The summed E-state index contributed by atoms with van der Waals surface area (Å²) >= 11 is 0. The number of hydrogen-bond donors (Lipinski definition) is 2. The van der Waals surface area contributed by atoms with E-state index in [2.05, 4.69) is 4.74 Å². The van der Waals surface area contributed by atoms with E-state index < -0.39 is 17.7 Å². The van der Waals surface area contributed by atoms with Crippen molar-refractivity contribution in [2.45, 2.75) is 11.7 Å². The zero-order valence-corrected chi connectivity index (χ0v) is 8.75.